The van der Waals surface area contributed by atoms with Crippen molar-refractivity contribution in [3.63, 3.8) is 0 Å². The van der Waals surface area contributed by atoms with Crippen LogP contribution in [0.15, 0.2) is 21.5 Å². The molecule has 120 valence electrons. The van der Waals surface area contributed by atoms with Crippen LogP contribution in [-0.2, 0) is 20.6 Å². The molecule has 4 nitrogen and oxygen atoms in total. The summed E-state index contributed by atoms with van der Waals surface area (Å²) in [5.41, 5.74) is 1.63. The summed E-state index contributed by atoms with van der Waals surface area (Å²) in [4.78, 5) is 0.253. The summed E-state index contributed by atoms with van der Waals surface area (Å²) in [5.74, 6) is 0.274. The van der Waals surface area contributed by atoms with Crippen LogP contribution in [0.4, 0.5) is 0 Å². The maximum absolute atomic E-state index is 12.9. The molecule has 0 fully saturated rings. The van der Waals surface area contributed by atoms with E-state index in [1.807, 2.05) is 26.8 Å². The summed E-state index contributed by atoms with van der Waals surface area (Å²) in [7, 11) is -2.05. The lowest BCUT2D eigenvalue weighted by atomic mass is 10.2. The van der Waals surface area contributed by atoms with E-state index in [-0.39, 0.29) is 16.8 Å². The minimum absolute atomic E-state index is 0.239. The number of alkyl halides is 1. The maximum Gasteiger partial charge on any atom is 0.244 e. The Hall–Kier alpha value is -0.140. The molecular formula is C14H21BrClNO3S. The van der Waals surface area contributed by atoms with Crippen LogP contribution in [0, 0.1) is 6.92 Å². The van der Waals surface area contributed by atoms with Crippen molar-refractivity contribution < 1.29 is 13.2 Å². The van der Waals surface area contributed by atoms with Crippen molar-refractivity contribution in [1.82, 2.24) is 4.31 Å². The third-order valence-corrected chi connectivity index (χ3v) is 6.97. The topological polar surface area (TPSA) is 46.6 Å². The largest absolute Gasteiger partial charge is 0.383 e. The van der Waals surface area contributed by atoms with Gasteiger partial charge in [-0.25, -0.2) is 8.42 Å². The zero-order valence-electron chi connectivity index (χ0n) is 12.7. The third kappa shape index (κ3) is 4.20. The Morgan fingerprint density at radius 1 is 1.43 bits per heavy atom. The van der Waals surface area contributed by atoms with Crippen LogP contribution in [0.1, 0.15) is 25.0 Å². The summed E-state index contributed by atoms with van der Waals surface area (Å²) in [6.07, 6.45) is 0. The Morgan fingerprint density at radius 2 is 2.05 bits per heavy atom. The number of aryl methyl sites for hydroxylation is 1. The van der Waals surface area contributed by atoms with Crippen LogP contribution < -0.4 is 0 Å². The number of hydrogen-bond acceptors (Lipinski definition) is 3. The molecule has 0 saturated carbocycles. The number of methoxy groups -OCH3 is 1. The molecule has 0 amide bonds. The van der Waals surface area contributed by atoms with Crippen molar-refractivity contribution in [2.75, 3.05) is 20.3 Å². The van der Waals surface area contributed by atoms with E-state index in [2.05, 4.69) is 15.9 Å². The van der Waals surface area contributed by atoms with E-state index in [0.717, 1.165) is 11.1 Å². The highest BCUT2D eigenvalue weighted by atomic mass is 79.9. The van der Waals surface area contributed by atoms with Gasteiger partial charge >= 0.3 is 0 Å². The quantitative estimate of drug-likeness (QED) is 0.660. The number of hydrogen-bond donors (Lipinski definition) is 0. The molecule has 0 heterocycles. The second-order valence-corrected chi connectivity index (χ2v) is 7.79. The molecule has 1 aromatic rings. The van der Waals surface area contributed by atoms with Gasteiger partial charge in [-0.3, -0.25) is 0 Å². The highest BCUT2D eigenvalue weighted by molar-refractivity contribution is 9.10. The molecule has 7 heteroatoms. The van der Waals surface area contributed by atoms with E-state index >= 15 is 0 Å². The minimum Gasteiger partial charge on any atom is -0.383 e. The van der Waals surface area contributed by atoms with E-state index in [9.17, 15) is 8.42 Å². The van der Waals surface area contributed by atoms with E-state index in [1.54, 1.807) is 13.2 Å². The first-order chi connectivity index (χ1) is 9.79. The molecule has 21 heavy (non-hydrogen) atoms. The lowest BCUT2D eigenvalue weighted by molar-refractivity contribution is 0.142. The molecule has 0 radical (unpaired) electrons. The van der Waals surface area contributed by atoms with Gasteiger partial charge in [0.05, 0.1) is 11.5 Å². The van der Waals surface area contributed by atoms with Gasteiger partial charge in [-0.2, -0.15) is 4.31 Å². The Balaban J connectivity index is 3.38. The Labute approximate surface area is 140 Å². The van der Waals surface area contributed by atoms with E-state index in [4.69, 9.17) is 16.3 Å². The van der Waals surface area contributed by atoms with E-state index < -0.39 is 10.0 Å². The first-order valence-corrected chi connectivity index (χ1v) is 9.42. The zero-order valence-corrected chi connectivity index (χ0v) is 15.8. The summed E-state index contributed by atoms with van der Waals surface area (Å²) >= 11 is 9.24. The first-order valence-electron chi connectivity index (χ1n) is 6.65. The smallest absolute Gasteiger partial charge is 0.244 e. The van der Waals surface area contributed by atoms with Crippen LogP contribution in [0.5, 0.6) is 0 Å². The van der Waals surface area contributed by atoms with Crippen molar-refractivity contribution in [3.8, 4) is 0 Å². The number of rotatable bonds is 7. The average molecular weight is 399 g/mol. The highest BCUT2D eigenvalue weighted by Gasteiger charge is 2.30. The number of benzene rings is 1. The molecule has 0 spiro atoms. The first kappa shape index (κ1) is 18.9. The molecule has 0 aliphatic rings. The molecule has 1 unspecified atom stereocenters. The van der Waals surface area contributed by atoms with Gasteiger partial charge < -0.3 is 4.74 Å². The molecule has 0 N–H and O–H groups in total. The lowest BCUT2D eigenvalue weighted by Crippen LogP contribution is -2.41. The van der Waals surface area contributed by atoms with Crippen LogP contribution in [0.2, 0.25) is 0 Å². The monoisotopic (exact) mass is 397 g/mol. The van der Waals surface area contributed by atoms with Gasteiger partial charge in [-0.05, 0) is 47.0 Å². The molecule has 0 bridgehead atoms. The maximum atomic E-state index is 12.9. The van der Waals surface area contributed by atoms with Gasteiger partial charge in [0.15, 0.2) is 0 Å². The molecule has 1 aromatic carbocycles. The summed E-state index contributed by atoms with van der Waals surface area (Å²) in [6, 6.07) is 3.27. The van der Waals surface area contributed by atoms with Gasteiger partial charge in [0, 0.05) is 30.0 Å². The standard InChI is InChI=1S/C14H21BrClNO3S/c1-5-17(11(3)9-20-4)21(18,19)13-7-12(8-16)6-10(2)14(13)15/h6-7,11H,5,8-9H2,1-4H3. The molecule has 0 saturated heterocycles. The number of ether oxygens (including phenoxy) is 1. The number of likely N-dealkylation sites (N-methyl/N-ethyl adjacent to an activating group) is 1. The number of sulfonamides is 1. The van der Waals surface area contributed by atoms with Crippen LogP contribution >= 0.6 is 27.5 Å². The van der Waals surface area contributed by atoms with E-state index in [0.29, 0.717) is 17.6 Å². The van der Waals surface area contributed by atoms with Gasteiger partial charge in [-0.1, -0.05) is 13.0 Å². The van der Waals surface area contributed by atoms with Gasteiger partial charge in [-0.15, -0.1) is 11.6 Å². The Bertz CT molecular complexity index is 592. The molecule has 0 aliphatic carbocycles. The van der Waals surface area contributed by atoms with Gasteiger partial charge in [0.1, 0.15) is 0 Å². The van der Waals surface area contributed by atoms with Crippen molar-refractivity contribution in [1.29, 1.82) is 0 Å². The second-order valence-electron chi connectivity index (χ2n) is 4.87. The zero-order chi connectivity index (χ0) is 16.2. The van der Waals surface area contributed by atoms with Crippen molar-refractivity contribution in [2.24, 2.45) is 0 Å². The molecule has 1 rings (SSSR count). The molecule has 1 atom stereocenters. The molecule has 0 aromatic heterocycles. The van der Waals surface area contributed by atoms with Crippen molar-refractivity contribution in [3.05, 3.63) is 27.7 Å². The van der Waals surface area contributed by atoms with Crippen molar-refractivity contribution in [2.45, 2.75) is 37.6 Å². The van der Waals surface area contributed by atoms with Crippen LogP contribution in [-0.4, -0.2) is 39.0 Å². The summed E-state index contributed by atoms with van der Waals surface area (Å²) in [6.45, 7) is 6.23. The fourth-order valence-electron chi connectivity index (χ4n) is 2.24. The second kappa shape index (κ2) is 7.92. The summed E-state index contributed by atoms with van der Waals surface area (Å²) in [5, 5.41) is 0. The highest BCUT2D eigenvalue weighted by Crippen LogP contribution is 2.31. The normalized spacial score (nSPS) is 13.7. The summed E-state index contributed by atoms with van der Waals surface area (Å²) < 4.78 is 32.9. The number of halogens is 2. The number of nitrogens with zero attached hydrogens (tertiary/aromatic N) is 1. The van der Waals surface area contributed by atoms with E-state index in [1.165, 1.54) is 4.31 Å². The fraction of sp³-hybridized carbons (Fsp3) is 0.571. The predicted octanol–water partition coefficient (Wildman–Crippen LogP) is 3.54. The Kier molecular flexibility index (Phi) is 7.13. The van der Waals surface area contributed by atoms with Crippen molar-refractivity contribution >= 4 is 37.6 Å². The molecule has 0 aliphatic heterocycles. The van der Waals surface area contributed by atoms with Gasteiger partial charge in [0.2, 0.25) is 10.0 Å². The SMILES string of the molecule is CCN(C(C)COC)S(=O)(=O)c1cc(CCl)cc(C)c1Br. The lowest BCUT2D eigenvalue weighted by Gasteiger charge is -2.27. The fourth-order valence-corrected chi connectivity index (χ4v) is 5.06. The van der Waals surface area contributed by atoms with Crippen LogP contribution in [0.3, 0.4) is 0 Å². The van der Waals surface area contributed by atoms with Crippen LogP contribution in [0.25, 0.3) is 0 Å². The average Bonchev–Trinajstić information content (AvgIpc) is 2.42. The van der Waals surface area contributed by atoms with Gasteiger partial charge in [0.25, 0.3) is 0 Å². The Morgan fingerprint density at radius 3 is 2.52 bits per heavy atom. The third-order valence-electron chi connectivity index (χ3n) is 3.23. The predicted molar refractivity (Wildman–Crippen MR) is 89.3 cm³/mol. The molecular weight excluding hydrogens is 378 g/mol. The minimum atomic E-state index is -3.61.